The van der Waals surface area contributed by atoms with E-state index in [1.807, 2.05) is 19.3 Å². The van der Waals surface area contributed by atoms with Crippen molar-refractivity contribution in [2.45, 2.75) is 19.3 Å². The van der Waals surface area contributed by atoms with Gasteiger partial charge in [0.1, 0.15) is 0 Å². The van der Waals surface area contributed by atoms with Crippen molar-refractivity contribution in [1.29, 1.82) is 0 Å². The van der Waals surface area contributed by atoms with Crippen LogP contribution in [0, 0.1) is 0 Å². The highest BCUT2D eigenvalue weighted by molar-refractivity contribution is 5.78. The monoisotopic (exact) mass is 214 g/mol. The smallest absolute Gasteiger partial charge is 0.0702 e. The molecule has 1 aromatic heterocycles. The molecular weight excluding hydrogens is 196 g/mol. The van der Waals surface area contributed by atoms with Crippen molar-refractivity contribution in [2.75, 3.05) is 13.6 Å². The maximum Gasteiger partial charge on any atom is 0.0702 e. The van der Waals surface area contributed by atoms with E-state index in [-0.39, 0.29) is 0 Å². The molecule has 1 aromatic carbocycles. The lowest BCUT2D eigenvalue weighted by Gasteiger charge is -2.11. The average Bonchev–Trinajstić information content (AvgIpc) is 2.35. The number of nitrogens with zero attached hydrogens (tertiary/aromatic N) is 1. The maximum absolute atomic E-state index is 4.49. The Morgan fingerprint density at radius 2 is 2.12 bits per heavy atom. The Morgan fingerprint density at radius 3 is 2.94 bits per heavy atom. The summed E-state index contributed by atoms with van der Waals surface area (Å²) in [6, 6.07) is 10.5. The lowest BCUT2D eigenvalue weighted by molar-refractivity contribution is 0.635. The van der Waals surface area contributed by atoms with Crippen LogP contribution in [0.2, 0.25) is 0 Å². The van der Waals surface area contributed by atoms with Gasteiger partial charge in [-0.3, -0.25) is 4.98 Å². The van der Waals surface area contributed by atoms with Crippen LogP contribution in [0.25, 0.3) is 10.9 Å². The van der Waals surface area contributed by atoms with Gasteiger partial charge in [-0.05, 0) is 43.6 Å². The fourth-order valence-corrected chi connectivity index (χ4v) is 1.89. The van der Waals surface area contributed by atoms with Crippen LogP contribution in [0.5, 0.6) is 0 Å². The van der Waals surface area contributed by atoms with Crippen LogP contribution in [0.15, 0.2) is 36.5 Å². The topological polar surface area (TPSA) is 24.9 Å². The van der Waals surface area contributed by atoms with Crippen molar-refractivity contribution in [3.05, 3.63) is 42.1 Å². The molecule has 0 aliphatic rings. The van der Waals surface area contributed by atoms with E-state index in [4.69, 9.17) is 0 Å². The van der Waals surface area contributed by atoms with Crippen LogP contribution in [0.4, 0.5) is 0 Å². The minimum atomic E-state index is 0.560. The third kappa shape index (κ3) is 2.39. The molecule has 16 heavy (non-hydrogen) atoms. The minimum Gasteiger partial charge on any atom is -0.320 e. The van der Waals surface area contributed by atoms with Crippen LogP contribution in [-0.2, 0) is 0 Å². The summed E-state index contributed by atoms with van der Waals surface area (Å²) in [7, 11) is 1.99. The highest BCUT2D eigenvalue weighted by Crippen LogP contribution is 2.21. The number of fused-ring (bicyclic) bond motifs is 1. The van der Waals surface area contributed by atoms with Gasteiger partial charge in [-0.2, -0.15) is 0 Å². The molecule has 2 heteroatoms. The summed E-state index contributed by atoms with van der Waals surface area (Å²) in [5, 5.41) is 4.42. The average molecular weight is 214 g/mol. The molecule has 0 bridgehead atoms. The molecule has 84 valence electrons. The lowest BCUT2D eigenvalue weighted by Crippen LogP contribution is -2.10. The highest BCUT2D eigenvalue weighted by atomic mass is 14.8. The van der Waals surface area contributed by atoms with Crippen molar-refractivity contribution < 1.29 is 0 Å². The molecule has 0 saturated carbocycles. The zero-order valence-corrected chi connectivity index (χ0v) is 9.90. The third-order valence-corrected chi connectivity index (χ3v) is 3.01. The number of rotatable bonds is 4. The largest absolute Gasteiger partial charge is 0.320 e. The normalized spacial score (nSPS) is 12.9. The molecule has 1 N–H and O–H groups in total. The van der Waals surface area contributed by atoms with Gasteiger partial charge in [-0.15, -0.1) is 0 Å². The van der Waals surface area contributed by atoms with Crippen molar-refractivity contribution in [1.82, 2.24) is 10.3 Å². The zero-order valence-electron chi connectivity index (χ0n) is 9.90. The van der Waals surface area contributed by atoms with Gasteiger partial charge < -0.3 is 5.32 Å². The number of benzene rings is 1. The Bertz CT molecular complexity index is 465. The standard InChI is InChI=1S/C14H18N2/c1-11(7-8-15-2)13-9-12-5-3-4-6-14(12)16-10-13/h3-6,9-11,15H,7-8H2,1-2H3. The van der Waals surface area contributed by atoms with Crippen LogP contribution in [0.3, 0.4) is 0 Å². The second-order valence-corrected chi connectivity index (χ2v) is 4.25. The molecule has 0 fully saturated rings. The van der Waals surface area contributed by atoms with E-state index in [9.17, 15) is 0 Å². The van der Waals surface area contributed by atoms with Gasteiger partial charge in [0.05, 0.1) is 5.52 Å². The molecule has 0 aliphatic carbocycles. The van der Waals surface area contributed by atoms with Crippen LogP contribution >= 0.6 is 0 Å². The molecule has 1 atom stereocenters. The summed E-state index contributed by atoms with van der Waals surface area (Å²) in [6.45, 7) is 3.30. The molecule has 1 unspecified atom stereocenters. The first kappa shape index (κ1) is 11.1. The molecule has 2 rings (SSSR count). The van der Waals surface area contributed by atoms with E-state index in [2.05, 4.69) is 41.5 Å². The third-order valence-electron chi connectivity index (χ3n) is 3.01. The quantitative estimate of drug-likeness (QED) is 0.846. The number of aromatic nitrogens is 1. The minimum absolute atomic E-state index is 0.560. The van der Waals surface area contributed by atoms with E-state index in [1.54, 1.807) is 0 Å². The summed E-state index contributed by atoms with van der Waals surface area (Å²) < 4.78 is 0. The molecule has 2 nitrogen and oxygen atoms in total. The number of pyridine rings is 1. The Hall–Kier alpha value is -1.41. The van der Waals surface area contributed by atoms with Gasteiger partial charge in [0.15, 0.2) is 0 Å². The first-order chi connectivity index (χ1) is 7.81. The molecule has 0 amide bonds. The number of nitrogens with one attached hydrogen (secondary N) is 1. The van der Waals surface area contributed by atoms with Crippen LogP contribution < -0.4 is 5.32 Å². The second-order valence-electron chi connectivity index (χ2n) is 4.25. The van der Waals surface area contributed by atoms with Crippen molar-refractivity contribution >= 4 is 10.9 Å². The first-order valence-electron chi connectivity index (χ1n) is 5.80. The van der Waals surface area contributed by atoms with Crippen molar-refractivity contribution in [2.24, 2.45) is 0 Å². The fourth-order valence-electron chi connectivity index (χ4n) is 1.89. The number of hydrogen-bond acceptors (Lipinski definition) is 2. The highest BCUT2D eigenvalue weighted by Gasteiger charge is 2.06. The fraction of sp³-hybridized carbons (Fsp3) is 0.357. The van der Waals surface area contributed by atoms with Crippen molar-refractivity contribution in [3.8, 4) is 0 Å². The van der Waals surface area contributed by atoms with Gasteiger partial charge in [-0.1, -0.05) is 25.1 Å². The van der Waals surface area contributed by atoms with Gasteiger partial charge >= 0.3 is 0 Å². The van der Waals surface area contributed by atoms with Gasteiger partial charge in [0.2, 0.25) is 0 Å². The Balaban J connectivity index is 2.25. The summed E-state index contributed by atoms with van der Waals surface area (Å²) in [4.78, 5) is 4.49. The summed E-state index contributed by atoms with van der Waals surface area (Å²) in [6.07, 6.45) is 3.15. The van der Waals surface area contributed by atoms with E-state index >= 15 is 0 Å². The van der Waals surface area contributed by atoms with E-state index < -0.39 is 0 Å². The first-order valence-corrected chi connectivity index (χ1v) is 5.80. The van der Waals surface area contributed by atoms with E-state index in [0.717, 1.165) is 18.5 Å². The molecule has 1 heterocycles. The van der Waals surface area contributed by atoms with Gasteiger partial charge in [0.25, 0.3) is 0 Å². The Labute approximate surface area is 96.7 Å². The summed E-state index contributed by atoms with van der Waals surface area (Å²) in [5.41, 5.74) is 2.40. The Kier molecular flexibility index (Phi) is 3.52. The molecular formula is C14H18N2. The number of hydrogen-bond donors (Lipinski definition) is 1. The number of para-hydroxylation sites is 1. The second kappa shape index (κ2) is 5.08. The van der Waals surface area contributed by atoms with E-state index in [1.165, 1.54) is 10.9 Å². The van der Waals surface area contributed by atoms with Gasteiger partial charge in [0, 0.05) is 11.6 Å². The molecule has 0 radical (unpaired) electrons. The lowest BCUT2D eigenvalue weighted by atomic mass is 9.98. The van der Waals surface area contributed by atoms with Gasteiger partial charge in [-0.25, -0.2) is 0 Å². The summed E-state index contributed by atoms with van der Waals surface area (Å²) >= 11 is 0. The zero-order chi connectivity index (χ0) is 11.4. The van der Waals surface area contributed by atoms with Crippen molar-refractivity contribution in [3.63, 3.8) is 0 Å². The molecule has 0 aliphatic heterocycles. The molecule has 2 aromatic rings. The van der Waals surface area contributed by atoms with E-state index in [0.29, 0.717) is 5.92 Å². The summed E-state index contributed by atoms with van der Waals surface area (Å²) in [5.74, 6) is 0.560. The molecule has 0 spiro atoms. The predicted octanol–water partition coefficient (Wildman–Crippen LogP) is 2.95. The maximum atomic E-state index is 4.49. The molecule has 0 saturated heterocycles. The van der Waals surface area contributed by atoms with Crippen LogP contribution in [0.1, 0.15) is 24.8 Å². The van der Waals surface area contributed by atoms with Crippen LogP contribution in [-0.4, -0.2) is 18.6 Å². The predicted molar refractivity (Wildman–Crippen MR) is 68.7 cm³/mol. The Morgan fingerprint density at radius 1 is 1.31 bits per heavy atom. The SMILES string of the molecule is CNCCC(C)c1cnc2ccccc2c1.